The highest BCUT2D eigenvalue weighted by atomic mass is 16.5. The monoisotopic (exact) mass is 329 g/mol. The van der Waals surface area contributed by atoms with Crippen LogP contribution in [0.25, 0.3) is 0 Å². The minimum atomic E-state index is -0.151. The van der Waals surface area contributed by atoms with Gasteiger partial charge in [0, 0.05) is 25.1 Å². The molecule has 2 N–H and O–H groups in total. The molecule has 0 unspecified atom stereocenters. The number of rotatable bonds is 5. The molecule has 0 spiro atoms. The van der Waals surface area contributed by atoms with Gasteiger partial charge in [0.2, 0.25) is 0 Å². The molecule has 1 aliphatic carbocycles. The molecule has 1 aliphatic heterocycles. The Balaban J connectivity index is 1.46. The van der Waals surface area contributed by atoms with E-state index in [-0.39, 0.29) is 5.60 Å². The zero-order chi connectivity index (χ0) is 17.0. The molecule has 130 valence electrons. The topological polar surface area (TPSA) is 54.9 Å². The number of hydrogen-bond donors (Lipinski definition) is 2. The van der Waals surface area contributed by atoms with Gasteiger partial charge in [0.05, 0.1) is 6.54 Å². The quantitative estimate of drug-likeness (QED) is 0.377. The lowest BCUT2D eigenvalue weighted by atomic mass is 10.0. The molecular formula is C19H27N3O2. The molecule has 24 heavy (non-hydrogen) atoms. The van der Waals surface area contributed by atoms with Gasteiger partial charge in [0.15, 0.2) is 17.5 Å². The number of benzene rings is 1. The minimum absolute atomic E-state index is 0.151. The van der Waals surface area contributed by atoms with Gasteiger partial charge in [-0.2, -0.15) is 0 Å². The van der Waals surface area contributed by atoms with Crippen LogP contribution in [0.1, 0.15) is 32.3 Å². The van der Waals surface area contributed by atoms with Gasteiger partial charge < -0.3 is 20.1 Å². The van der Waals surface area contributed by atoms with Crippen molar-refractivity contribution in [2.75, 3.05) is 20.2 Å². The highest BCUT2D eigenvalue weighted by Gasteiger charge is 2.32. The summed E-state index contributed by atoms with van der Waals surface area (Å²) >= 11 is 0. The maximum absolute atomic E-state index is 6.02. The Labute approximate surface area is 144 Å². The Kier molecular flexibility index (Phi) is 4.97. The summed E-state index contributed by atoms with van der Waals surface area (Å²) in [6.45, 7) is 5.45. The van der Waals surface area contributed by atoms with Crippen molar-refractivity contribution in [3.05, 3.63) is 35.9 Å². The Morgan fingerprint density at radius 1 is 1.33 bits per heavy atom. The van der Waals surface area contributed by atoms with E-state index in [9.17, 15) is 0 Å². The smallest absolute Gasteiger partial charge is 0.191 e. The van der Waals surface area contributed by atoms with E-state index < -0.39 is 0 Å². The van der Waals surface area contributed by atoms with Crippen LogP contribution in [0.3, 0.4) is 0 Å². The molecule has 0 radical (unpaired) electrons. The van der Waals surface area contributed by atoms with Crippen molar-refractivity contribution in [2.45, 2.75) is 44.8 Å². The zero-order valence-corrected chi connectivity index (χ0v) is 14.8. The van der Waals surface area contributed by atoms with Crippen molar-refractivity contribution < 1.29 is 9.47 Å². The number of fused-ring (bicyclic) bond motifs is 1. The lowest BCUT2D eigenvalue weighted by Gasteiger charge is -2.19. The van der Waals surface area contributed by atoms with Crippen LogP contribution in [0.5, 0.6) is 11.5 Å². The van der Waals surface area contributed by atoms with Gasteiger partial charge in [-0.3, -0.25) is 4.99 Å². The summed E-state index contributed by atoms with van der Waals surface area (Å²) < 4.78 is 11.9. The second-order valence-corrected chi connectivity index (χ2v) is 6.91. The third-order valence-corrected chi connectivity index (χ3v) is 4.28. The Morgan fingerprint density at radius 2 is 2.12 bits per heavy atom. The summed E-state index contributed by atoms with van der Waals surface area (Å²) in [6, 6.07) is 6.55. The van der Waals surface area contributed by atoms with E-state index in [0.29, 0.717) is 19.2 Å². The maximum Gasteiger partial charge on any atom is 0.191 e. The van der Waals surface area contributed by atoms with E-state index in [1.54, 1.807) is 7.05 Å². The van der Waals surface area contributed by atoms with Gasteiger partial charge in [-0.05, 0) is 32.8 Å². The van der Waals surface area contributed by atoms with Gasteiger partial charge in [-0.1, -0.05) is 24.3 Å². The summed E-state index contributed by atoms with van der Waals surface area (Å²) in [6.07, 6.45) is 7.43. The minimum Gasteiger partial charge on any atom is -0.488 e. The van der Waals surface area contributed by atoms with Gasteiger partial charge in [0.1, 0.15) is 12.2 Å². The van der Waals surface area contributed by atoms with Gasteiger partial charge >= 0.3 is 0 Å². The average Bonchev–Trinajstić information content (AvgIpc) is 3.16. The standard InChI is InChI=1S/C19H27N3O2/c1-19(2)13-14-7-6-10-16(17(14)24-19)23-12-11-21-18(20-3)22-15-8-4-5-9-15/h4-7,10,15H,8-9,11-13H2,1-3H3,(H2,20,21,22). The van der Waals surface area contributed by atoms with Crippen LogP contribution in [0.15, 0.2) is 35.3 Å². The first-order valence-corrected chi connectivity index (χ1v) is 8.63. The number of para-hydroxylation sites is 1. The molecule has 0 amide bonds. The van der Waals surface area contributed by atoms with Crippen LogP contribution in [-0.2, 0) is 6.42 Å². The van der Waals surface area contributed by atoms with Crippen molar-refractivity contribution in [3.8, 4) is 11.5 Å². The molecule has 0 saturated carbocycles. The summed E-state index contributed by atoms with van der Waals surface area (Å²) in [4.78, 5) is 4.26. The van der Waals surface area contributed by atoms with Crippen molar-refractivity contribution in [1.82, 2.24) is 10.6 Å². The number of aliphatic imine (C=N–C) groups is 1. The molecule has 1 heterocycles. The lowest BCUT2D eigenvalue weighted by Crippen LogP contribution is -2.43. The first-order valence-electron chi connectivity index (χ1n) is 8.63. The first-order chi connectivity index (χ1) is 11.6. The number of guanidine groups is 1. The third kappa shape index (κ3) is 4.02. The predicted octanol–water partition coefficient (Wildman–Crippen LogP) is 2.66. The molecule has 5 nitrogen and oxygen atoms in total. The molecule has 0 aromatic heterocycles. The maximum atomic E-state index is 6.02. The summed E-state index contributed by atoms with van der Waals surface area (Å²) in [5, 5.41) is 6.71. The Hall–Kier alpha value is -2.17. The van der Waals surface area contributed by atoms with Crippen molar-refractivity contribution in [2.24, 2.45) is 4.99 Å². The number of hydrogen-bond acceptors (Lipinski definition) is 3. The van der Waals surface area contributed by atoms with Gasteiger partial charge in [0.25, 0.3) is 0 Å². The van der Waals surface area contributed by atoms with Crippen LogP contribution in [-0.4, -0.2) is 37.8 Å². The third-order valence-electron chi connectivity index (χ3n) is 4.28. The summed E-state index contributed by atoms with van der Waals surface area (Å²) in [5.74, 6) is 2.54. The second kappa shape index (κ2) is 7.16. The van der Waals surface area contributed by atoms with E-state index in [1.807, 2.05) is 12.1 Å². The van der Waals surface area contributed by atoms with Gasteiger partial charge in [-0.15, -0.1) is 0 Å². The first kappa shape index (κ1) is 16.7. The number of ether oxygens (including phenoxy) is 2. The van der Waals surface area contributed by atoms with Crippen LogP contribution in [0, 0.1) is 0 Å². The second-order valence-electron chi connectivity index (χ2n) is 6.91. The van der Waals surface area contributed by atoms with E-state index in [0.717, 1.165) is 36.7 Å². The predicted molar refractivity (Wildman–Crippen MR) is 97.0 cm³/mol. The number of nitrogens with zero attached hydrogens (tertiary/aromatic N) is 1. The molecule has 0 bridgehead atoms. The van der Waals surface area contributed by atoms with Crippen molar-refractivity contribution in [1.29, 1.82) is 0 Å². The average molecular weight is 329 g/mol. The normalized spacial score (nSPS) is 19.0. The molecule has 3 rings (SSSR count). The van der Waals surface area contributed by atoms with Crippen LogP contribution in [0.2, 0.25) is 0 Å². The van der Waals surface area contributed by atoms with Crippen LogP contribution in [0.4, 0.5) is 0 Å². The molecule has 0 saturated heterocycles. The highest BCUT2D eigenvalue weighted by molar-refractivity contribution is 5.80. The largest absolute Gasteiger partial charge is 0.488 e. The highest BCUT2D eigenvalue weighted by Crippen LogP contribution is 2.41. The number of nitrogens with one attached hydrogen (secondary N) is 2. The van der Waals surface area contributed by atoms with E-state index in [1.165, 1.54) is 5.56 Å². The van der Waals surface area contributed by atoms with Crippen molar-refractivity contribution >= 4 is 5.96 Å². The van der Waals surface area contributed by atoms with Gasteiger partial charge in [-0.25, -0.2) is 0 Å². The summed E-state index contributed by atoms with van der Waals surface area (Å²) in [7, 11) is 1.79. The summed E-state index contributed by atoms with van der Waals surface area (Å²) in [5.41, 5.74) is 1.07. The molecule has 1 aromatic carbocycles. The fraction of sp³-hybridized carbons (Fsp3) is 0.526. The Morgan fingerprint density at radius 3 is 2.88 bits per heavy atom. The van der Waals surface area contributed by atoms with Crippen LogP contribution < -0.4 is 20.1 Å². The molecular weight excluding hydrogens is 302 g/mol. The molecule has 0 fully saturated rings. The van der Waals surface area contributed by atoms with E-state index >= 15 is 0 Å². The zero-order valence-electron chi connectivity index (χ0n) is 14.8. The SMILES string of the molecule is CN=C(NCCOc1cccc2c1OC(C)(C)C2)NC1CC=CC1. The van der Waals surface area contributed by atoms with Crippen molar-refractivity contribution in [3.63, 3.8) is 0 Å². The molecule has 2 aliphatic rings. The molecule has 0 atom stereocenters. The Bertz CT molecular complexity index is 629. The van der Waals surface area contributed by atoms with E-state index in [4.69, 9.17) is 9.47 Å². The molecule has 1 aromatic rings. The molecule has 5 heteroatoms. The fourth-order valence-corrected chi connectivity index (χ4v) is 3.15. The lowest BCUT2D eigenvalue weighted by molar-refractivity contribution is 0.132. The van der Waals surface area contributed by atoms with Crippen LogP contribution >= 0.6 is 0 Å². The van der Waals surface area contributed by atoms with E-state index in [2.05, 4.69) is 47.7 Å². The fourth-order valence-electron chi connectivity index (χ4n) is 3.15.